The van der Waals surface area contributed by atoms with Gasteiger partial charge in [0.25, 0.3) is 0 Å². The molecule has 3 rings (SSSR count). The smallest absolute Gasteiger partial charge is 0.323 e. The number of hydrogen-bond acceptors (Lipinski definition) is 3. The van der Waals surface area contributed by atoms with Crippen molar-refractivity contribution in [2.24, 2.45) is 5.73 Å². The molecule has 0 saturated carbocycles. The lowest BCUT2D eigenvalue weighted by molar-refractivity contribution is 0.256. The number of nitrogens with two attached hydrogens (primary N) is 1. The van der Waals surface area contributed by atoms with Crippen LogP contribution in [0.3, 0.4) is 0 Å². The average molecular weight is 264 g/mol. The largest absolute Gasteiger partial charge is 0.351 e. The molecule has 0 bridgehead atoms. The van der Waals surface area contributed by atoms with Crippen LogP contribution in [0.4, 0.5) is 16.2 Å². The average Bonchev–Trinajstić information content (AvgIpc) is 2.48. The molecule has 2 amide bonds. The third-order valence-corrected chi connectivity index (χ3v) is 2.99. The molecule has 0 aliphatic heterocycles. The Morgan fingerprint density at radius 2 is 1.90 bits per heavy atom. The Bertz CT molecular complexity index is 753. The fourth-order valence-corrected chi connectivity index (χ4v) is 2.15. The fourth-order valence-electron chi connectivity index (χ4n) is 2.15. The molecule has 0 saturated heterocycles. The number of carbonyl (C=O) groups excluding carboxylic acids is 1. The Hall–Kier alpha value is -2.95. The molecule has 0 aliphatic carbocycles. The first-order valence-electron chi connectivity index (χ1n) is 6.11. The third kappa shape index (κ3) is 2.05. The summed E-state index contributed by atoms with van der Waals surface area (Å²) in [5.41, 5.74) is 7.65. The lowest BCUT2D eigenvalue weighted by Gasteiger charge is -2.21. The molecule has 2 heterocycles. The van der Waals surface area contributed by atoms with Crippen molar-refractivity contribution in [3.63, 3.8) is 0 Å². The lowest BCUT2D eigenvalue weighted by atomic mass is 10.1. The van der Waals surface area contributed by atoms with E-state index >= 15 is 0 Å². The third-order valence-electron chi connectivity index (χ3n) is 2.99. The second-order valence-corrected chi connectivity index (χ2v) is 4.23. The molecule has 0 radical (unpaired) electrons. The zero-order valence-electron chi connectivity index (χ0n) is 10.6. The van der Waals surface area contributed by atoms with Crippen LogP contribution in [0.2, 0.25) is 0 Å². The Kier molecular flexibility index (Phi) is 3.01. The number of hydrogen-bond donors (Lipinski definition) is 1. The van der Waals surface area contributed by atoms with Crippen LogP contribution in [0.5, 0.6) is 0 Å². The van der Waals surface area contributed by atoms with Gasteiger partial charge in [-0.1, -0.05) is 6.07 Å². The highest BCUT2D eigenvalue weighted by Gasteiger charge is 2.17. The van der Waals surface area contributed by atoms with Crippen LogP contribution >= 0.6 is 0 Å². The van der Waals surface area contributed by atoms with Gasteiger partial charge in [-0.3, -0.25) is 14.9 Å². The number of nitrogens with zero attached hydrogens (tertiary/aromatic N) is 3. The van der Waals surface area contributed by atoms with E-state index in [4.69, 9.17) is 5.73 Å². The standard InChI is InChI=1S/C15H12N4O/c16-15(20)19(11-4-2-8-17-10-11)14-7-1-6-13-12(14)5-3-9-18-13/h1-10H,(H2,16,20). The van der Waals surface area contributed by atoms with Gasteiger partial charge < -0.3 is 5.73 Å². The van der Waals surface area contributed by atoms with Gasteiger partial charge >= 0.3 is 6.03 Å². The minimum Gasteiger partial charge on any atom is -0.351 e. The minimum atomic E-state index is -0.561. The summed E-state index contributed by atoms with van der Waals surface area (Å²) in [7, 11) is 0. The summed E-state index contributed by atoms with van der Waals surface area (Å²) in [6.07, 6.45) is 4.96. The zero-order chi connectivity index (χ0) is 13.9. The fraction of sp³-hybridized carbons (Fsp3) is 0. The quantitative estimate of drug-likeness (QED) is 0.773. The number of urea groups is 1. The summed E-state index contributed by atoms with van der Waals surface area (Å²) in [4.78, 5) is 21.6. The molecule has 0 unspecified atom stereocenters. The normalized spacial score (nSPS) is 10.4. The summed E-state index contributed by atoms with van der Waals surface area (Å²) >= 11 is 0. The molecule has 3 aromatic rings. The van der Waals surface area contributed by atoms with E-state index in [9.17, 15) is 4.79 Å². The molecule has 0 aliphatic rings. The number of carbonyl (C=O) groups is 1. The summed E-state index contributed by atoms with van der Waals surface area (Å²) in [6, 6.07) is 12.3. The van der Waals surface area contributed by atoms with Crippen molar-refractivity contribution in [3.8, 4) is 0 Å². The van der Waals surface area contributed by atoms with E-state index in [0.717, 1.165) is 10.9 Å². The maximum Gasteiger partial charge on any atom is 0.323 e. The molecule has 2 N–H and O–H groups in total. The van der Waals surface area contributed by atoms with Gasteiger partial charge in [0.15, 0.2) is 0 Å². The van der Waals surface area contributed by atoms with E-state index in [0.29, 0.717) is 11.4 Å². The van der Waals surface area contributed by atoms with Crippen LogP contribution in [0.15, 0.2) is 61.1 Å². The molecular weight excluding hydrogens is 252 g/mol. The summed E-state index contributed by atoms with van der Waals surface area (Å²) in [6.45, 7) is 0. The Morgan fingerprint density at radius 1 is 1.05 bits per heavy atom. The summed E-state index contributed by atoms with van der Waals surface area (Å²) in [5.74, 6) is 0. The predicted octanol–water partition coefficient (Wildman–Crippen LogP) is 2.85. The molecule has 0 spiro atoms. The van der Waals surface area contributed by atoms with Gasteiger partial charge in [0.2, 0.25) is 0 Å². The van der Waals surface area contributed by atoms with Crippen molar-refractivity contribution in [3.05, 3.63) is 61.1 Å². The lowest BCUT2D eigenvalue weighted by Crippen LogP contribution is -2.31. The van der Waals surface area contributed by atoms with E-state index in [1.807, 2.05) is 30.3 Å². The van der Waals surface area contributed by atoms with Gasteiger partial charge in [-0.05, 0) is 36.4 Å². The van der Waals surface area contributed by atoms with Gasteiger partial charge in [-0.25, -0.2) is 4.79 Å². The molecule has 5 heteroatoms. The zero-order valence-corrected chi connectivity index (χ0v) is 10.6. The molecule has 2 aromatic heterocycles. The van der Waals surface area contributed by atoms with Crippen LogP contribution in [-0.2, 0) is 0 Å². The SMILES string of the molecule is NC(=O)N(c1cccnc1)c1cccc2ncccc12. The first-order chi connectivity index (χ1) is 9.77. The maximum absolute atomic E-state index is 11.8. The highest BCUT2D eigenvalue weighted by molar-refractivity contribution is 6.06. The first-order valence-corrected chi connectivity index (χ1v) is 6.11. The molecule has 20 heavy (non-hydrogen) atoms. The van der Waals surface area contributed by atoms with Crippen molar-refractivity contribution in [2.75, 3.05) is 4.90 Å². The number of rotatable bonds is 2. The van der Waals surface area contributed by atoms with Crippen molar-refractivity contribution in [1.29, 1.82) is 0 Å². The number of anilines is 2. The van der Waals surface area contributed by atoms with Crippen LogP contribution in [-0.4, -0.2) is 16.0 Å². The van der Waals surface area contributed by atoms with Crippen molar-refractivity contribution in [1.82, 2.24) is 9.97 Å². The van der Waals surface area contributed by atoms with Crippen molar-refractivity contribution >= 4 is 28.3 Å². The summed E-state index contributed by atoms with van der Waals surface area (Å²) < 4.78 is 0. The minimum absolute atomic E-state index is 0.561. The van der Waals surface area contributed by atoms with Gasteiger partial charge in [-0.15, -0.1) is 0 Å². The highest BCUT2D eigenvalue weighted by Crippen LogP contribution is 2.30. The number of primary amides is 1. The number of benzene rings is 1. The van der Waals surface area contributed by atoms with E-state index in [1.54, 1.807) is 30.7 Å². The second kappa shape index (κ2) is 4.97. The van der Waals surface area contributed by atoms with E-state index < -0.39 is 6.03 Å². The van der Waals surface area contributed by atoms with Gasteiger partial charge in [-0.2, -0.15) is 0 Å². The van der Waals surface area contributed by atoms with Gasteiger partial charge in [0.1, 0.15) is 0 Å². The Morgan fingerprint density at radius 3 is 2.65 bits per heavy atom. The molecule has 98 valence electrons. The number of amides is 2. The van der Waals surface area contributed by atoms with Crippen LogP contribution in [0.1, 0.15) is 0 Å². The molecule has 1 aromatic carbocycles. The molecule has 0 atom stereocenters. The van der Waals surface area contributed by atoms with E-state index in [-0.39, 0.29) is 0 Å². The number of aromatic nitrogens is 2. The maximum atomic E-state index is 11.8. The molecular formula is C15H12N4O. The Balaban J connectivity index is 2.23. The monoisotopic (exact) mass is 264 g/mol. The predicted molar refractivity (Wildman–Crippen MR) is 77.7 cm³/mol. The molecule has 5 nitrogen and oxygen atoms in total. The highest BCUT2D eigenvalue weighted by atomic mass is 16.2. The van der Waals surface area contributed by atoms with Crippen molar-refractivity contribution in [2.45, 2.75) is 0 Å². The van der Waals surface area contributed by atoms with Crippen molar-refractivity contribution < 1.29 is 4.79 Å². The van der Waals surface area contributed by atoms with E-state index in [2.05, 4.69) is 9.97 Å². The van der Waals surface area contributed by atoms with Crippen LogP contribution < -0.4 is 10.6 Å². The van der Waals surface area contributed by atoms with Gasteiger partial charge in [0.05, 0.1) is 23.1 Å². The molecule has 0 fully saturated rings. The van der Waals surface area contributed by atoms with Crippen LogP contribution in [0.25, 0.3) is 10.9 Å². The van der Waals surface area contributed by atoms with Crippen LogP contribution in [0, 0.1) is 0 Å². The first kappa shape index (κ1) is 12.1. The number of fused-ring (bicyclic) bond motifs is 1. The van der Waals surface area contributed by atoms with Gasteiger partial charge in [0, 0.05) is 17.8 Å². The Labute approximate surface area is 115 Å². The summed E-state index contributed by atoms with van der Waals surface area (Å²) in [5, 5.41) is 0.859. The second-order valence-electron chi connectivity index (χ2n) is 4.23. The van der Waals surface area contributed by atoms with E-state index in [1.165, 1.54) is 4.90 Å². The topological polar surface area (TPSA) is 72.1 Å². The number of pyridine rings is 2.